The lowest BCUT2D eigenvalue weighted by molar-refractivity contribution is 0.0950. The largest absolute Gasteiger partial charge is 0.496 e. The Morgan fingerprint density at radius 2 is 2.37 bits per heavy atom. The smallest absolute Gasteiger partial charge is 0.251 e. The molecule has 1 aromatic rings. The maximum atomic E-state index is 12.0. The van der Waals surface area contributed by atoms with Crippen LogP contribution in [0.15, 0.2) is 22.7 Å². The Labute approximate surface area is 127 Å². The van der Waals surface area contributed by atoms with Gasteiger partial charge < -0.3 is 15.4 Å². The number of halogens is 2. The molecule has 4 nitrogen and oxygen atoms in total. The van der Waals surface area contributed by atoms with Crippen LogP contribution in [0.25, 0.3) is 0 Å². The summed E-state index contributed by atoms with van der Waals surface area (Å²) in [6.45, 7) is 1.73. The van der Waals surface area contributed by atoms with Crippen LogP contribution < -0.4 is 15.4 Å². The maximum absolute atomic E-state index is 12.0. The predicted octanol–water partition coefficient (Wildman–Crippen LogP) is 2.36. The van der Waals surface area contributed by atoms with Gasteiger partial charge in [0.05, 0.1) is 11.6 Å². The van der Waals surface area contributed by atoms with Crippen molar-refractivity contribution in [2.75, 3.05) is 20.2 Å². The van der Waals surface area contributed by atoms with Crippen LogP contribution >= 0.6 is 28.3 Å². The van der Waals surface area contributed by atoms with Crippen molar-refractivity contribution in [2.24, 2.45) is 0 Å². The van der Waals surface area contributed by atoms with Gasteiger partial charge in [-0.2, -0.15) is 0 Å². The summed E-state index contributed by atoms with van der Waals surface area (Å²) in [5, 5.41) is 6.29. The molecule has 1 aliphatic heterocycles. The van der Waals surface area contributed by atoms with Crippen molar-refractivity contribution in [3.05, 3.63) is 28.2 Å². The van der Waals surface area contributed by atoms with E-state index in [2.05, 4.69) is 26.6 Å². The molecule has 1 saturated heterocycles. The van der Waals surface area contributed by atoms with E-state index >= 15 is 0 Å². The van der Waals surface area contributed by atoms with Gasteiger partial charge in [0.15, 0.2) is 0 Å². The zero-order chi connectivity index (χ0) is 13.0. The molecule has 2 N–H and O–H groups in total. The Morgan fingerprint density at radius 1 is 1.58 bits per heavy atom. The van der Waals surface area contributed by atoms with Crippen molar-refractivity contribution in [3.63, 3.8) is 0 Å². The number of amides is 1. The number of hydrogen-bond donors (Lipinski definition) is 2. The number of carbonyl (C=O) groups excluding carboxylic acids is 1. The van der Waals surface area contributed by atoms with E-state index < -0.39 is 0 Å². The first kappa shape index (κ1) is 16.3. The second-order valence-corrected chi connectivity index (χ2v) is 5.21. The molecule has 1 amide bonds. The van der Waals surface area contributed by atoms with Gasteiger partial charge in [0.2, 0.25) is 0 Å². The Morgan fingerprint density at radius 3 is 2.95 bits per heavy atom. The molecule has 0 aliphatic carbocycles. The van der Waals surface area contributed by atoms with Gasteiger partial charge in [-0.25, -0.2) is 0 Å². The number of rotatable bonds is 4. The summed E-state index contributed by atoms with van der Waals surface area (Å²) in [7, 11) is 1.60. The van der Waals surface area contributed by atoms with Gasteiger partial charge in [-0.1, -0.05) is 0 Å². The minimum Gasteiger partial charge on any atom is -0.496 e. The molecule has 0 radical (unpaired) electrons. The highest BCUT2D eigenvalue weighted by atomic mass is 79.9. The van der Waals surface area contributed by atoms with Gasteiger partial charge in [0, 0.05) is 18.2 Å². The lowest BCUT2D eigenvalue weighted by Crippen LogP contribution is -2.37. The number of hydrogen-bond acceptors (Lipinski definition) is 3. The molecule has 1 aromatic carbocycles. The summed E-state index contributed by atoms with van der Waals surface area (Å²) in [4.78, 5) is 12.0. The molecule has 0 spiro atoms. The zero-order valence-electron chi connectivity index (χ0n) is 10.7. The Kier molecular flexibility index (Phi) is 6.62. The van der Waals surface area contributed by atoms with Crippen LogP contribution in [0.3, 0.4) is 0 Å². The van der Waals surface area contributed by atoms with Crippen molar-refractivity contribution in [1.29, 1.82) is 0 Å². The van der Waals surface area contributed by atoms with Crippen molar-refractivity contribution in [1.82, 2.24) is 10.6 Å². The molecule has 2 rings (SSSR count). The summed E-state index contributed by atoms with van der Waals surface area (Å²) >= 11 is 3.38. The molecule has 1 unspecified atom stereocenters. The third kappa shape index (κ3) is 4.37. The first-order valence-corrected chi connectivity index (χ1v) is 6.85. The SMILES string of the molecule is COc1ccc(C(=O)NCC2CCCN2)cc1Br.Cl. The van der Waals surface area contributed by atoms with E-state index in [1.54, 1.807) is 25.3 Å². The highest BCUT2D eigenvalue weighted by Crippen LogP contribution is 2.25. The number of carbonyl (C=O) groups is 1. The number of benzene rings is 1. The highest BCUT2D eigenvalue weighted by Gasteiger charge is 2.15. The Balaban J connectivity index is 0.00000180. The first-order chi connectivity index (χ1) is 8.70. The maximum Gasteiger partial charge on any atom is 0.251 e. The minimum atomic E-state index is -0.0490. The van der Waals surface area contributed by atoms with E-state index in [1.807, 2.05) is 0 Å². The molecule has 106 valence electrons. The molecule has 1 aliphatic rings. The lowest BCUT2D eigenvalue weighted by atomic mass is 10.2. The fraction of sp³-hybridized carbons (Fsp3) is 0.462. The van der Waals surface area contributed by atoms with E-state index in [4.69, 9.17) is 4.74 Å². The number of ether oxygens (including phenoxy) is 1. The second kappa shape index (κ2) is 7.72. The number of methoxy groups -OCH3 is 1. The van der Waals surface area contributed by atoms with E-state index in [0.29, 0.717) is 18.2 Å². The summed E-state index contributed by atoms with van der Waals surface area (Å²) in [6.07, 6.45) is 2.32. The number of nitrogens with one attached hydrogen (secondary N) is 2. The van der Waals surface area contributed by atoms with Crippen LogP contribution in [0.5, 0.6) is 5.75 Å². The first-order valence-electron chi connectivity index (χ1n) is 6.06. The Hall–Kier alpha value is -0.780. The normalized spacial score (nSPS) is 17.7. The summed E-state index contributed by atoms with van der Waals surface area (Å²) in [6, 6.07) is 5.74. The van der Waals surface area contributed by atoms with Crippen LogP contribution in [-0.2, 0) is 0 Å². The van der Waals surface area contributed by atoms with Crippen LogP contribution in [0.1, 0.15) is 23.2 Å². The van der Waals surface area contributed by atoms with Gasteiger partial charge in [-0.3, -0.25) is 4.79 Å². The molecule has 0 aromatic heterocycles. The summed E-state index contributed by atoms with van der Waals surface area (Å²) in [5.41, 5.74) is 0.640. The van der Waals surface area contributed by atoms with Gasteiger partial charge >= 0.3 is 0 Å². The molecule has 19 heavy (non-hydrogen) atoms. The van der Waals surface area contributed by atoms with Crippen LogP contribution in [-0.4, -0.2) is 32.1 Å². The molecule has 1 atom stereocenters. The molecular weight excluding hydrogens is 332 g/mol. The van der Waals surface area contributed by atoms with Crippen molar-refractivity contribution >= 4 is 34.2 Å². The quantitative estimate of drug-likeness (QED) is 0.877. The fourth-order valence-electron chi connectivity index (χ4n) is 2.06. The molecule has 0 saturated carbocycles. The minimum absolute atomic E-state index is 0. The highest BCUT2D eigenvalue weighted by molar-refractivity contribution is 9.10. The van der Waals surface area contributed by atoms with Gasteiger partial charge in [-0.15, -0.1) is 12.4 Å². The molecule has 6 heteroatoms. The van der Waals surface area contributed by atoms with Gasteiger partial charge in [-0.05, 0) is 53.5 Å². The standard InChI is InChI=1S/C13H17BrN2O2.ClH/c1-18-12-5-4-9(7-11(12)14)13(17)16-8-10-3-2-6-15-10;/h4-5,7,10,15H,2-3,6,8H2,1H3,(H,16,17);1H. The van der Waals surface area contributed by atoms with Crippen molar-refractivity contribution < 1.29 is 9.53 Å². The average Bonchev–Trinajstić information content (AvgIpc) is 2.89. The average molecular weight is 350 g/mol. The third-order valence-corrected chi connectivity index (χ3v) is 3.71. The van der Waals surface area contributed by atoms with Crippen LogP contribution in [0.2, 0.25) is 0 Å². The zero-order valence-corrected chi connectivity index (χ0v) is 13.1. The lowest BCUT2D eigenvalue weighted by Gasteiger charge is -2.12. The summed E-state index contributed by atoms with van der Waals surface area (Å²) < 4.78 is 5.92. The van der Waals surface area contributed by atoms with Gasteiger partial charge in [0.1, 0.15) is 5.75 Å². The van der Waals surface area contributed by atoms with E-state index in [-0.39, 0.29) is 18.3 Å². The fourth-order valence-corrected chi connectivity index (χ4v) is 2.60. The monoisotopic (exact) mass is 348 g/mol. The van der Waals surface area contributed by atoms with E-state index in [0.717, 1.165) is 23.2 Å². The predicted molar refractivity (Wildman–Crippen MR) is 81.3 cm³/mol. The van der Waals surface area contributed by atoms with E-state index in [9.17, 15) is 4.79 Å². The van der Waals surface area contributed by atoms with Crippen LogP contribution in [0.4, 0.5) is 0 Å². The molecular formula is C13H18BrClN2O2. The molecule has 1 heterocycles. The Bertz CT molecular complexity index is 437. The van der Waals surface area contributed by atoms with Crippen molar-refractivity contribution in [3.8, 4) is 5.75 Å². The molecule has 1 fully saturated rings. The van der Waals surface area contributed by atoms with Crippen molar-refractivity contribution in [2.45, 2.75) is 18.9 Å². The third-order valence-electron chi connectivity index (χ3n) is 3.09. The van der Waals surface area contributed by atoms with Crippen LogP contribution in [0, 0.1) is 0 Å². The van der Waals surface area contributed by atoms with Gasteiger partial charge in [0.25, 0.3) is 5.91 Å². The summed E-state index contributed by atoms with van der Waals surface area (Å²) in [5.74, 6) is 0.677. The molecule has 0 bridgehead atoms. The van der Waals surface area contributed by atoms with E-state index in [1.165, 1.54) is 6.42 Å². The second-order valence-electron chi connectivity index (χ2n) is 4.35. The topological polar surface area (TPSA) is 50.4 Å².